The van der Waals surface area contributed by atoms with E-state index in [-0.39, 0.29) is 31.1 Å². The number of unbranched alkanes of at least 4 members (excludes halogenated alkanes) is 33. The molecule has 0 fully saturated rings. The van der Waals surface area contributed by atoms with Crippen LogP contribution in [0.5, 0.6) is 0 Å². The maximum atomic E-state index is 12.7. The number of esters is 3. The third-order valence-electron chi connectivity index (χ3n) is 11.3. The smallest absolute Gasteiger partial charge is 0.306 e. The first-order valence-corrected chi connectivity index (χ1v) is 25.2. The van der Waals surface area contributed by atoms with Gasteiger partial charge in [0.25, 0.3) is 0 Å². The van der Waals surface area contributed by atoms with Crippen molar-refractivity contribution in [2.24, 2.45) is 0 Å². The van der Waals surface area contributed by atoms with Crippen molar-refractivity contribution >= 4 is 17.9 Å². The molecular weight excluding hydrogens is 709 g/mol. The summed E-state index contributed by atoms with van der Waals surface area (Å²) < 4.78 is 16.7. The van der Waals surface area contributed by atoms with E-state index in [0.29, 0.717) is 19.3 Å². The third-order valence-corrected chi connectivity index (χ3v) is 11.3. The standard InChI is InChI=1S/C51H96O6/c1-4-7-10-13-16-19-21-23-24-25-26-27-29-30-32-35-38-41-44-50(53)56-47-48(46-55-49(52)43-40-37-34-18-15-12-9-6-3)57-51(54)45-42-39-36-33-31-28-22-20-17-14-11-8-5-2/h24-25,48H,4-23,26-47H2,1-3H3/b25-24-. The van der Waals surface area contributed by atoms with Crippen LogP contribution in [-0.2, 0) is 28.6 Å². The first-order valence-electron chi connectivity index (χ1n) is 25.2. The van der Waals surface area contributed by atoms with Gasteiger partial charge in [-0.2, -0.15) is 0 Å². The van der Waals surface area contributed by atoms with E-state index in [1.165, 1.54) is 180 Å². The largest absolute Gasteiger partial charge is 0.462 e. The maximum absolute atomic E-state index is 12.7. The highest BCUT2D eigenvalue weighted by molar-refractivity contribution is 5.71. The lowest BCUT2D eigenvalue weighted by molar-refractivity contribution is -0.167. The van der Waals surface area contributed by atoms with E-state index in [9.17, 15) is 14.4 Å². The van der Waals surface area contributed by atoms with E-state index >= 15 is 0 Å². The Kier molecular flexibility index (Phi) is 45.3. The summed E-state index contributed by atoms with van der Waals surface area (Å²) in [7, 11) is 0. The number of carbonyl (C=O) groups is 3. The minimum atomic E-state index is -0.763. The van der Waals surface area contributed by atoms with Crippen LogP contribution in [0, 0.1) is 0 Å². The maximum Gasteiger partial charge on any atom is 0.306 e. The first-order chi connectivity index (χ1) is 28.0. The molecule has 0 aromatic carbocycles. The van der Waals surface area contributed by atoms with Crippen molar-refractivity contribution in [2.75, 3.05) is 13.2 Å². The number of allylic oxidation sites excluding steroid dienone is 2. The van der Waals surface area contributed by atoms with Crippen molar-refractivity contribution in [2.45, 2.75) is 284 Å². The van der Waals surface area contributed by atoms with E-state index in [0.717, 1.165) is 57.8 Å². The Balaban J connectivity index is 4.24. The van der Waals surface area contributed by atoms with Crippen molar-refractivity contribution in [3.05, 3.63) is 12.2 Å². The van der Waals surface area contributed by atoms with Crippen molar-refractivity contribution in [1.82, 2.24) is 0 Å². The highest BCUT2D eigenvalue weighted by atomic mass is 16.6. The van der Waals surface area contributed by atoms with Crippen LogP contribution < -0.4 is 0 Å². The van der Waals surface area contributed by atoms with E-state index in [1.54, 1.807) is 0 Å². The summed E-state index contributed by atoms with van der Waals surface area (Å²) in [4.78, 5) is 37.8. The molecule has 57 heavy (non-hydrogen) atoms. The molecular formula is C51H96O6. The predicted octanol–water partition coefficient (Wildman–Crippen LogP) is 16.2. The summed E-state index contributed by atoms with van der Waals surface area (Å²) in [5.74, 6) is -0.862. The Bertz CT molecular complexity index is 885. The zero-order chi connectivity index (χ0) is 41.5. The molecule has 0 rings (SSSR count). The molecule has 0 aliphatic carbocycles. The minimum absolute atomic E-state index is 0.0670. The second kappa shape index (κ2) is 46.8. The van der Waals surface area contributed by atoms with Crippen LogP contribution in [0.3, 0.4) is 0 Å². The molecule has 0 aromatic rings. The van der Waals surface area contributed by atoms with Crippen LogP contribution in [0.2, 0.25) is 0 Å². The van der Waals surface area contributed by atoms with Gasteiger partial charge in [-0.25, -0.2) is 0 Å². The summed E-state index contributed by atoms with van der Waals surface area (Å²) in [5.41, 5.74) is 0. The van der Waals surface area contributed by atoms with E-state index < -0.39 is 6.10 Å². The van der Waals surface area contributed by atoms with Crippen LogP contribution in [-0.4, -0.2) is 37.2 Å². The molecule has 0 saturated carbocycles. The fourth-order valence-electron chi connectivity index (χ4n) is 7.44. The fraction of sp³-hybridized carbons (Fsp3) is 0.902. The lowest BCUT2D eigenvalue weighted by Gasteiger charge is -2.18. The lowest BCUT2D eigenvalue weighted by Crippen LogP contribution is -2.30. The molecule has 6 nitrogen and oxygen atoms in total. The van der Waals surface area contributed by atoms with Crippen molar-refractivity contribution in [1.29, 1.82) is 0 Å². The molecule has 0 aliphatic heterocycles. The fourth-order valence-corrected chi connectivity index (χ4v) is 7.44. The molecule has 0 aromatic heterocycles. The van der Waals surface area contributed by atoms with Gasteiger partial charge in [-0.05, 0) is 44.9 Å². The molecule has 1 unspecified atom stereocenters. The van der Waals surface area contributed by atoms with Crippen molar-refractivity contribution in [3.63, 3.8) is 0 Å². The van der Waals surface area contributed by atoms with Gasteiger partial charge in [0.1, 0.15) is 13.2 Å². The topological polar surface area (TPSA) is 78.9 Å². The van der Waals surface area contributed by atoms with Crippen LogP contribution in [0.1, 0.15) is 278 Å². The summed E-state index contributed by atoms with van der Waals surface area (Å²) in [6.07, 6.45) is 50.6. The van der Waals surface area contributed by atoms with Crippen LogP contribution in [0.15, 0.2) is 12.2 Å². The van der Waals surface area contributed by atoms with Gasteiger partial charge >= 0.3 is 17.9 Å². The molecule has 0 N–H and O–H groups in total. The minimum Gasteiger partial charge on any atom is -0.462 e. The van der Waals surface area contributed by atoms with Crippen LogP contribution in [0.25, 0.3) is 0 Å². The second-order valence-corrected chi connectivity index (χ2v) is 17.1. The molecule has 0 spiro atoms. The van der Waals surface area contributed by atoms with Gasteiger partial charge in [-0.3, -0.25) is 14.4 Å². The van der Waals surface area contributed by atoms with Gasteiger partial charge in [0.15, 0.2) is 6.10 Å². The monoisotopic (exact) mass is 805 g/mol. The second-order valence-electron chi connectivity index (χ2n) is 17.1. The number of carbonyl (C=O) groups excluding carboxylic acids is 3. The average molecular weight is 805 g/mol. The molecule has 0 heterocycles. The normalized spacial score (nSPS) is 12.0. The number of hydrogen-bond acceptors (Lipinski definition) is 6. The van der Waals surface area contributed by atoms with Gasteiger partial charge in [0.2, 0.25) is 0 Å². The van der Waals surface area contributed by atoms with E-state index in [2.05, 4.69) is 32.9 Å². The summed E-state index contributed by atoms with van der Waals surface area (Å²) in [6.45, 7) is 6.63. The Labute approximate surface area is 354 Å². The molecule has 1 atom stereocenters. The molecule has 0 bridgehead atoms. The molecule has 0 saturated heterocycles. The van der Waals surface area contributed by atoms with Crippen LogP contribution in [0.4, 0.5) is 0 Å². The molecule has 6 heteroatoms. The van der Waals surface area contributed by atoms with Gasteiger partial charge < -0.3 is 14.2 Å². The summed E-state index contributed by atoms with van der Waals surface area (Å²) >= 11 is 0. The highest BCUT2D eigenvalue weighted by Crippen LogP contribution is 2.16. The van der Waals surface area contributed by atoms with Gasteiger partial charge in [-0.1, -0.05) is 226 Å². The number of rotatable bonds is 46. The Morgan fingerprint density at radius 1 is 0.333 bits per heavy atom. The molecule has 336 valence electrons. The zero-order valence-electron chi connectivity index (χ0n) is 38.4. The number of ether oxygens (including phenoxy) is 3. The van der Waals surface area contributed by atoms with Crippen LogP contribution >= 0.6 is 0 Å². The Morgan fingerprint density at radius 3 is 0.877 bits per heavy atom. The van der Waals surface area contributed by atoms with E-state index in [1.807, 2.05) is 0 Å². The third kappa shape index (κ3) is 45.1. The quantitative estimate of drug-likeness (QED) is 0.0264. The SMILES string of the molecule is CCCCCCCCC/C=C\CCCCCCCCCC(=O)OCC(COC(=O)CCCCCCCCCC)OC(=O)CCCCCCCCCCCCCCC. The highest BCUT2D eigenvalue weighted by Gasteiger charge is 2.19. The van der Waals surface area contributed by atoms with Gasteiger partial charge in [-0.15, -0.1) is 0 Å². The van der Waals surface area contributed by atoms with E-state index in [4.69, 9.17) is 14.2 Å². The zero-order valence-corrected chi connectivity index (χ0v) is 38.4. The molecule has 0 aliphatic rings. The molecule has 0 amide bonds. The average Bonchev–Trinajstić information content (AvgIpc) is 3.21. The number of hydrogen-bond donors (Lipinski definition) is 0. The molecule has 0 radical (unpaired) electrons. The Hall–Kier alpha value is -1.85. The Morgan fingerprint density at radius 2 is 0.579 bits per heavy atom. The van der Waals surface area contributed by atoms with Crippen molar-refractivity contribution in [3.8, 4) is 0 Å². The van der Waals surface area contributed by atoms with Crippen molar-refractivity contribution < 1.29 is 28.6 Å². The summed E-state index contributed by atoms with van der Waals surface area (Å²) in [5, 5.41) is 0. The van der Waals surface area contributed by atoms with Gasteiger partial charge in [0.05, 0.1) is 0 Å². The predicted molar refractivity (Wildman–Crippen MR) is 243 cm³/mol. The first kappa shape index (κ1) is 55.2. The van der Waals surface area contributed by atoms with Gasteiger partial charge in [0, 0.05) is 19.3 Å². The summed E-state index contributed by atoms with van der Waals surface area (Å²) in [6, 6.07) is 0. The lowest BCUT2D eigenvalue weighted by atomic mass is 10.0.